The standard InChI is InChI=1S/C15H22N2O3S2/c1-2-6-17-9-11-12(5-8-22(19,20)14(11)10-17)16-15(18)13-4-3-7-21-13/h3-4,7,11-12,14H,2,5-6,8-10H2,1H3,(H,16,18)/t11-,12+,14+/m1/s1. The highest BCUT2D eigenvalue weighted by Crippen LogP contribution is 2.33. The zero-order valence-electron chi connectivity index (χ0n) is 12.7. The van der Waals surface area contributed by atoms with E-state index in [9.17, 15) is 13.2 Å². The summed E-state index contributed by atoms with van der Waals surface area (Å²) < 4.78 is 24.7. The zero-order valence-corrected chi connectivity index (χ0v) is 14.3. The molecular weight excluding hydrogens is 320 g/mol. The Hall–Kier alpha value is -0.920. The Morgan fingerprint density at radius 2 is 2.27 bits per heavy atom. The van der Waals surface area contributed by atoms with Gasteiger partial charge in [-0.05, 0) is 30.8 Å². The van der Waals surface area contributed by atoms with Crippen molar-refractivity contribution < 1.29 is 13.2 Å². The van der Waals surface area contributed by atoms with Crippen LogP contribution in [-0.4, -0.2) is 55.9 Å². The van der Waals surface area contributed by atoms with Gasteiger partial charge in [0.15, 0.2) is 9.84 Å². The van der Waals surface area contributed by atoms with Crippen molar-refractivity contribution in [2.75, 3.05) is 25.4 Å². The molecule has 1 aromatic heterocycles. The van der Waals surface area contributed by atoms with Gasteiger partial charge in [-0.2, -0.15) is 0 Å². The normalized spacial score (nSPS) is 30.9. The highest BCUT2D eigenvalue weighted by Gasteiger charge is 2.48. The average molecular weight is 342 g/mol. The summed E-state index contributed by atoms with van der Waals surface area (Å²) in [6, 6.07) is 3.62. The monoisotopic (exact) mass is 342 g/mol. The minimum atomic E-state index is -3.02. The van der Waals surface area contributed by atoms with Crippen LogP contribution in [0.4, 0.5) is 0 Å². The Morgan fingerprint density at radius 1 is 1.45 bits per heavy atom. The van der Waals surface area contributed by atoms with Gasteiger partial charge >= 0.3 is 0 Å². The van der Waals surface area contributed by atoms with Crippen molar-refractivity contribution in [3.05, 3.63) is 22.4 Å². The molecule has 0 radical (unpaired) electrons. The number of carbonyl (C=O) groups excluding carboxylic acids is 1. The van der Waals surface area contributed by atoms with Crippen LogP contribution in [-0.2, 0) is 9.84 Å². The third-order valence-electron chi connectivity index (χ3n) is 4.68. The zero-order chi connectivity index (χ0) is 15.7. The summed E-state index contributed by atoms with van der Waals surface area (Å²) >= 11 is 1.41. The lowest BCUT2D eigenvalue weighted by Gasteiger charge is -2.33. The van der Waals surface area contributed by atoms with Gasteiger partial charge in [0, 0.05) is 25.0 Å². The van der Waals surface area contributed by atoms with Crippen molar-refractivity contribution in [1.29, 1.82) is 0 Å². The smallest absolute Gasteiger partial charge is 0.261 e. The molecule has 2 aliphatic heterocycles. The first-order chi connectivity index (χ1) is 10.5. The molecule has 2 saturated heterocycles. The Kier molecular flexibility index (Phi) is 4.56. The molecule has 2 aliphatic rings. The van der Waals surface area contributed by atoms with Gasteiger partial charge in [-0.1, -0.05) is 13.0 Å². The van der Waals surface area contributed by atoms with Gasteiger partial charge in [0.05, 0.1) is 15.9 Å². The third-order valence-corrected chi connectivity index (χ3v) is 7.77. The van der Waals surface area contributed by atoms with E-state index in [1.807, 2.05) is 11.4 Å². The van der Waals surface area contributed by atoms with Gasteiger partial charge < -0.3 is 10.2 Å². The van der Waals surface area contributed by atoms with E-state index in [0.717, 1.165) is 19.5 Å². The van der Waals surface area contributed by atoms with Crippen LogP contribution in [0.5, 0.6) is 0 Å². The fourth-order valence-corrected chi connectivity index (χ4v) is 6.39. The van der Waals surface area contributed by atoms with E-state index in [2.05, 4.69) is 17.1 Å². The van der Waals surface area contributed by atoms with Crippen molar-refractivity contribution >= 4 is 27.1 Å². The molecule has 0 spiro atoms. The number of nitrogens with one attached hydrogen (secondary N) is 1. The molecule has 7 heteroatoms. The van der Waals surface area contributed by atoms with E-state index >= 15 is 0 Å². The second-order valence-corrected chi connectivity index (χ2v) is 9.46. The van der Waals surface area contributed by atoms with Crippen LogP contribution in [0.25, 0.3) is 0 Å². The maximum Gasteiger partial charge on any atom is 0.261 e. The molecular formula is C15H22N2O3S2. The molecule has 3 atom stereocenters. The van der Waals surface area contributed by atoms with Crippen LogP contribution < -0.4 is 5.32 Å². The molecule has 0 saturated carbocycles. The number of hydrogen-bond acceptors (Lipinski definition) is 5. The Bertz CT molecular complexity index is 627. The second kappa shape index (κ2) is 6.29. The lowest BCUT2D eigenvalue weighted by Crippen LogP contribution is -2.51. The number of thiophene rings is 1. The van der Waals surface area contributed by atoms with Crippen LogP contribution in [0.2, 0.25) is 0 Å². The first kappa shape index (κ1) is 16.0. The first-order valence-corrected chi connectivity index (χ1v) is 10.4. The molecule has 2 fully saturated rings. The summed E-state index contributed by atoms with van der Waals surface area (Å²) in [6.07, 6.45) is 1.55. The van der Waals surface area contributed by atoms with Crippen molar-refractivity contribution in [2.24, 2.45) is 5.92 Å². The third kappa shape index (κ3) is 3.07. The molecule has 0 bridgehead atoms. The molecule has 5 nitrogen and oxygen atoms in total. The van der Waals surface area contributed by atoms with E-state index in [0.29, 0.717) is 17.8 Å². The molecule has 1 N–H and O–H groups in total. The van der Waals surface area contributed by atoms with E-state index < -0.39 is 9.84 Å². The van der Waals surface area contributed by atoms with Crippen LogP contribution in [0.3, 0.4) is 0 Å². The van der Waals surface area contributed by atoms with Gasteiger partial charge in [-0.3, -0.25) is 4.79 Å². The van der Waals surface area contributed by atoms with Gasteiger partial charge in [-0.25, -0.2) is 8.42 Å². The number of sulfone groups is 1. The Labute approximate surface area is 135 Å². The van der Waals surface area contributed by atoms with E-state index in [1.54, 1.807) is 6.07 Å². The van der Waals surface area contributed by atoms with Crippen LogP contribution in [0.15, 0.2) is 17.5 Å². The van der Waals surface area contributed by atoms with Gasteiger partial charge in [0.25, 0.3) is 5.91 Å². The SMILES string of the molecule is CCCN1C[C@@H]2[C@@H](NC(=O)c3cccs3)CCS(=O)(=O)[C@H]2C1. The second-order valence-electron chi connectivity index (χ2n) is 6.17. The summed E-state index contributed by atoms with van der Waals surface area (Å²) in [5.41, 5.74) is 0. The molecule has 122 valence electrons. The highest BCUT2D eigenvalue weighted by atomic mass is 32.2. The van der Waals surface area contributed by atoms with Crippen molar-refractivity contribution in [3.8, 4) is 0 Å². The van der Waals surface area contributed by atoms with Gasteiger partial charge in [0.2, 0.25) is 0 Å². The largest absolute Gasteiger partial charge is 0.348 e. The molecule has 1 aromatic rings. The summed E-state index contributed by atoms with van der Waals surface area (Å²) in [5.74, 6) is 0.130. The predicted octanol–water partition coefficient (Wildman–Crippen LogP) is 1.38. The molecule has 0 aromatic carbocycles. The summed E-state index contributed by atoms with van der Waals surface area (Å²) in [6.45, 7) is 4.42. The van der Waals surface area contributed by atoms with Crippen LogP contribution in [0, 0.1) is 5.92 Å². The molecule has 0 unspecified atom stereocenters. The lowest BCUT2D eigenvalue weighted by atomic mass is 9.95. The van der Waals surface area contributed by atoms with Crippen LogP contribution in [0.1, 0.15) is 29.4 Å². The fraction of sp³-hybridized carbons (Fsp3) is 0.667. The number of fused-ring (bicyclic) bond motifs is 1. The van der Waals surface area contributed by atoms with E-state index in [1.165, 1.54) is 11.3 Å². The molecule has 3 rings (SSSR count). The molecule has 0 aliphatic carbocycles. The highest BCUT2D eigenvalue weighted by molar-refractivity contribution is 7.92. The number of rotatable bonds is 4. The number of nitrogens with zero attached hydrogens (tertiary/aromatic N) is 1. The van der Waals surface area contributed by atoms with Crippen molar-refractivity contribution in [3.63, 3.8) is 0 Å². The quantitative estimate of drug-likeness (QED) is 0.898. The first-order valence-electron chi connectivity index (χ1n) is 7.79. The van der Waals surface area contributed by atoms with Gasteiger partial charge in [-0.15, -0.1) is 11.3 Å². The Morgan fingerprint density at radius 3 is 2.95 bits per heavy atom. The van der Waals surface area contributed by atoms with Crippen molar-refractivity contribution in [1.82, 2.24) is 10.2 Å². The Balaban J connectivity index is 1.74. The van der Waals surface area contributed by atoms with Gasteiger partial charge in [0.1, 0.15) is 0 Å². The maximum absolute atomic E-state index is 12.3. The lowest BCUT2D eigenvalue weighted by molar-refractivity contribution is 0.0923. The number of carbonyl (C=O) groups is 1. The molecule has 22 heavy (non-hydrogen) atoms. The summed E-state index contributed by atoms with van der Waals surface area (Å²) in [7, 11) is -3.02. The number of amides is 1. The fourth-order valence-electron chi connectivity index (χ4n) is 3.63. The topological polar surface area (TPSA) is 66.5 Å². The molecule has 1 amide bonds. The summed E-state index contributed by atoms with van der Waals surface area (Å²) in [4.78, 5) is 15.2. The average Bonchev–Trinajstić information content (AvgIpc) is 3.12. The number of hydrogen-bond donors (Lipinski definition) is 1. The van der Waals surface area contributed by atoms with Crippen LogP contribution >= 0.6 is 11.3 Å². The minimum absolute atomic E-state index is 0.0224. The maximum atomic E-state index is 12.3. The van der Waals surface area contributed by atoms with Crippen molar-refractivity contribution in [2.45, 2.75) is 31.1 Å². The molecule has 3 heterocycles. The summed E-state index contributed by atoms with van der Waals surface area (Å²) in [5, 5.41) is 4.63. The minimum Gasteiger partial charge on any atom is -0.348 e. The van der Waals surface area contributed by atoms with E-state index in [4.69, 9.17) is 0 Å². The number of likely N-dealkylation sites (tertiary alicyclic amines) is 1. The van der Waals surface area contributed by atoms with E-state index in [-0.39, 0.29) is 28.9 Å². The predicted molar refractivity (Wildman–Crippen MR) is 88.0 cm³/mol.